The predicted octanol–water partition coefficient (Wildman–Crippen LogP) is 2.42. The summed E-state index contributed by atoms with van der Waals surface area (Å²) in [6, 6.07) is 14.0. The molecule has 144 valence electrons. The topological polar surface area (TPSA) is 87.7 Å². The highest BCUT2D eigenvalue weighted by Crippen LogP contribution is 2.39. The molecule has 0 saturated carbocycles. The van der Waals surface area contributed by atoms with E-state index in [4.69, 9.17) is 4.74 Å². The molecule has 2 N–H and O–H groups in total. The standard InChI is InChI=1S/C21H21N3O4/c1-28-16-10-8-15(9-11-16)22-18(25)13-24-19(26)21(23-20(24)27)12-4-6-14-5-2-3-7-17(14)21/h2-3,5,7-11H,4,6,12-13H2,1H3,(H,22,25)(H,23,27). The molecule has 1 atom stereocenters. The van der Waals surface area contributed by atoms with Gasteiger partial charge in [0, 0.05) is 5.69 Å². The minimum absolute atomic E-state index is 0.333. The summed E-state index contributed by atoms with van der Waals surface area (Å²) in [5, 5.41) is 5.55. The fraction of sp³-hybridized carbons (Fsp3) is 0.286. The van der Waals surface area contributed by atoms with Crippen LogP contribution in [0.3, 0.4) is 0 Å². The van der Waals surface area contributed by atoms with Gasteiger partial charge in [-0.1, -0.05) is 24.3 Å². The number of benzene rings is 2. The zero-order chi connectivity index (χ0) is 19.7. The molecule has 4 rings (SSSR count). The van der Waals surface area contributed by atoms with Gasteiger partial charge in [-0.25, -0.2) is 4.79 Å². The van der Waals surface area contributed by atoms with E-state index in [1.807, 2.05) is 24.3 Å². The average Bonchev–Trinajstić information content (AvgIpc) is 2.94. The molecule has 1 unspecified atom stereocenters. The van der Waals surface area contributed by atoms with Gasteiger partial charge in [0.05, 0.1) is 7.11 Å². The molecule has 1 aliphatic heterocycles. The van der Waals surface area contributed by atoms with Gasteiger partial charge in [-0.2, -0.15) is 0 Å². The zero-order valence-electron chi connectivity index (χ0n) is 15.5. The van der Waals surface area contributed by atoms with Crippen LogP contribution in [0.5, 0.6) is 5.75 Å². The number of rotatable bonds is 4. The van der Waals surface area contributed by atoms with Crippen LogP contribution in [0.2, 0.25) is 0 Å². The number of aryl methyl sites for hydroxylation is 1. The molecule has 7 heteroatoms. The first-order valence-electron chi connectivity index (χ1n) is 9.20. The van der Waals surface area contributed by atoms with E-state index >= 15 is 0 Å². The van der Waals surface area contributed by atoms with Crippen LogP contribution in [0.25, 0.3) is 0 Å². The Hall–Kier alpha value is -3.35. The van der Waals surface area contributed by atoms with E-state index in [1.165, 1.54) is 0 Å². The lowest BCUT2D eigenvalue weighted by Gasteiger charge is -2.33. The Balaban J connectivity index is 1.51. The number of hydrogen-bond acceptors (Lipinski definition) is 4. The first-order chi connectivity index (χ1) is 13.5. The predicted molar refractivity (Wildman–Crippen MR) is 103 cm³/mol. The Morgan fingerprint density at radius 1 is 1.18 bits per heavy atom. The van der Waals surface area contributed by atoms with Crippen LogP contribution < -0.4 is 15.4 Å². The van der Waals surface area contributed by atoms with E-state index in [9.17, 15) is 14.4 Å². The lowest BCUT2D eigenvalue weighted by molar-refractivity contribution is -0.134. The highest BCUT2D eigenvalue weighted by Gasteiger charge is 2.54. The third-order valence-electron chi connectivity index (χ3n) is 5.33. The van der Waals surface area contributed by atoms with Gasteiger partial charge in [-0.3, -0.25) is 14.5 Å². The SMILES string of the molecule is COc1ccc(NC(=O)CN2C(=O)NC3(CCCc4ccccc43)C2=O)cc1. The second kappa shape index (κ2) is 6.99. The number of nitrogens with zero attached hydrogens (tertiary/aromatic N) is 1. The van der Waals surface area contributed by atoms with E-state index in [0.29, 0.717) is 17.9 Å². The molecule has 1 aliphatic carbocycles. The molecular weight excluding hydrogens is 358 g/mol. The highest BCUT2D eigenvalue weighted by atomic mass is 16.5. The number of ether oxygens (including phenoxy) is 1. The number of anilines is 1. The van der Waals surface area contributed by atoms with Crippen LogP contribution in [0, 0.1) is 0 Å². The molecule has 1 spiro atoms. The van der Waals surface area contributed by atoms with Crippen molar-refractivity contribution in [3.63, 3.8) is 0 Å². The Morgan fingerprint density at radius 3 is 2.68 bits per heavy atom. The zero-order valence-corrected chi connectivity index (χ0v) is 15.5. The lowest BCUT2D eigenvalue weighted by Crippen LogP contribution is -2.47. The lowest BCUT2D eigenvalue weighted by atomic mass is 9.76. The number of fused-ring (bicyclic) bond motifs is 2. The molecule has 0 radical (unpaired) electrons. The number of methoxy groups -OCH3 is 1. The monoisotopic (exact) mass is 379 g/mol. The van der Waals surface area contributed by atoms with Crippen molar-refractivity contribution >= 4 is 23.5 Å². The Kier molecular flexibility index (Phi) is 4.50. The average molecular weight is 379 g/mol. The van der Waals surface area contributed by atoms with Crippen LogP contribution in [0.15, 0.2) is 48.5 Å². The second-order valence-corrected chi connectivity index (χ2v) is 7.01. The maximum atomic E-state index is 13.2. The van der Waals surface area contributed by atoms with Crippen molar-refractivity contribution in [3.8, 4) is 5.75 Å². The number of imide groups is 1. The van der Waals surface area contributed by atoms with Gasteiger partial charge >= 0.3 is 6.03 Å². The molecular formula is C21H21N3O4. The number of hydrogen-bond donors (Lipinski definition) is 2. The minimum Gasteiger partial charge on any atom is -0.497 e. The molecule has 2 aliphatic rings. The van der Waals surface area contributed by atoms with Gasteiger partial charge < -0.3 is 15.4 Å². The fourth-order valence-electron chi connectivity index (χ4n) is 3.97. The van der Waals surface area contributed by atoms with Crippen molar-refractivity contribution < 1.29 is 19.1 Å². The molecule has 0 bridgehead atoms. The van der Waals surface area contributed by atoms with Crippen molar-refractivity contribution in [2.24, 2.45) is 0 Å². The number of amides is 4. The molecule has 1 fully saturated rings. The van der Waals surface area contributed by atoms with E-state index in [2.05, 4.69) is 10.6 Å². The van der Waals surface area contributed by atoms with Gasteiger partial charge in [-0.05, 0) is 54.7 Å². The van der Waals surface area contributed by atoms with E-state index in [-0.39, 0.29) is 12.5 Å². The first kappa shape index (κ1) is 18.0. The summed E-state index contributed by atoms with van der Waals surface area (Å²) in [7, 11) is 1.56. The van der Waals surface area contributed by atoms with Gasteiger partial charge in [0.2, 0.25) is 5.91 Å². The van der Waals surface area contributed by atoms with Crippen LogP contribution >= 0.6 is 0 Å². The van der Waals surface area contributed by atoms with Gasteiger partial charge in [-0.15, -0.1) is 0 Å². The number of carbonyl (C=O) groups is 3. The maximum Gasteiger partial charge on any atom is 0.325 e. The third-order valence-corrected chi connectivity index (χ3v) is 5.33. The molecule has 1 heterocycles. The quantitative estimate of drug-likeness (QED) is 0.799. The Labute approximate surface area is 162 Å². The summed E-state index contributed by atoms with van der Waals surface area (Å²) >= 11 is 0. The van der Waals surface area contributed by atoms with Crippen molar-refractivity contribution in [1.29, 1.82) is 0 Å². The highest BCUT2D eigenvalue weighted by molar-refractivity contribution is 6.10. The summed E-state index contributed by atoms with van der Waals surface area (Å²) in [4.78, 5) is 39.1. The van der Waals surface area contributed by atoms with E-state index < -0.39 is 17.5 Å². The molecule has 7 nitrogen and oxygen atoms in total. The van der Waals surface area contributed by atoms with Crippen molar-refractivity contribution in [1.82, 2.24) is 10.2 Å². The van der Waals surface area contributed by atoms with Crippen molar-refractivity contribution in [2.75, 3.05) is 19.0 Å². The van der Waals surface area contributed by atoms with Crippen molar-refractivity contribution in [3.05, 3.63) is 59.7 Å². The second-order valence-electron chi connectivity index (χ2n) is 7.01. The number of urea groups is 1. The summed E-state index contributed by atoms with van der Waals surface area (Å²) < 4.78 is 5.08. The van der Waals surface area contributed by atoms with Gasteiger partial charge in [0.1, 0.15) is 17.8 Å². The molecule has 4 amide bonds. The summed E-state index contributed by atoms with van der Waals surface area (Å²) in [5.74, 6) is -0.130. The maximum absolute atomic E-state index is 13.2. The molecule has 2 aromatic rings. The summed E-state index contributed by atoms with van der Waals surface area (Å²) in [6.45, 7) is -0.333. The number of carbonyl (C=O) groups excluding carboxylic acids is 3. The van der Waals surface area contributed by atoms with Crippen LogP contribution in [-0.4, -0.2) is 36.4 Å². The Bertz CT molecular complexity index is 941. The summed E-state index contributed by atoms with van der Waals surface area (Å²) in [5.41, 5.74) is 1.40. The molecule has 2 aromatic carbocycles. The van der Waals surface area contributed by atoms with Crippen LogP contribution in [0.1, 0.15) is 24.0 Å². The Morgan fingerprint density at radius 2 is 1.93 bits per heavy atom. The molecule has 0 aromatic heterocycles. The van der Waals surface area contributed by atoms with Gasteiger partial charge in [0.25, 0.3) is 5.91 Å². The molecule has 1 saturated heterocycles. The third kappa shape index (κ3) is 2.98. The van der Waals surface area contributed by atoms with Crippen LogP contribution in [0.4, 0.5) is 10.5 Å². The van der Waals surface area contributed by atoms with E-state index in [0.717, 1.165) is 28.9 Å². The molecule has 28 heavy (non-hydrogen) atoms. The largest absolute Gasteiger partial charge is 0.497 e. The van der Waals surface area contributed by atoms with E-state index in [1.54, 1.807) is 31.4 Å². The van der Waals surface area contributed by atoms with Crippen LogP contribution in [-0.2, 0) is 21.5 Å². The number of nitrogens with one attached hydrogen (secondary N) is 2. The minimum atomic E-state index is -1.06. The smallest absolute Gasteiger partial charge is 0.325 e. The summed E-state index contributed by atoms with van der Waals surface area (Å²) in [6.07, 6.45) is 2.21. The first-order valence-corrected chi connectivity index (χ1v) is 9.20. The van der Waals surface area contributed by atoms with Crippen molar-refractivity contribution in [2.45, 2.75) is 24.8 Å². The fourth-order valence-corrected chi connectivity index (χ4v) is 3.97. The normalized spacial score (nSPS) is 20.7. The van der Waals surface area contributed by atoms with Gasteiger partial charge in [0.15, 0.2) is 0 Å².